The second-order valence-corrected chi connectivity index (χ2v) is 8.19. The number of carbonyl (C=O) groups is 1. The van der Waals surface area contributed by atoms with E-state index in [0.29, 0.717) is 6.54 Å². The van der Waals surface area contributed by atoms with Crippen LogP contribution in [0.2, 0.25) is 0 Å². The molecule has 7 N–H and O–H groups in total. The van der Waals surface area contributed by atoms with Crippen molar-refractivity contribution in [1.29, 1.82) is 10.8 Å². The molecule has 0 radical (unpaired) electrons. The normalized spacial score (nSPS) is 11.7. The van der Waals surface area contributed by atoms with Crippen molar-refractivity contribution in [2.45, 2.75) is 37.9 Å². The Kier molecular flexibility index (Phi) is 10.1. The summed E-state index contributed by atoms with van der Waals surface area (Å²) in [5.74, 6) is 0.787. The fourth-order valence-electron chi connectivity index (χ4n) is 2.36. The van der Waals surface area contributed by atoms with Crippen LogP contribution in [0.4, 0.5) is 0 Å². The lowest BCUT2D eigenvalue weighted by atomic mass is 10.0. The Labute approximate surface area is 157 Å². The van der Waals surface area contributed by atoms with Gasteiger partial charge >= 0.3 is 0 Å². The molecular formula is C17H27N5OS2. The van der Waals surface area contributed by atoms with Gasteiger partial charge in [-0.1, -0.05) is 47.8 Å². The largest absolute Gasteiger partial charge is 0.379 e. The van der Waals surface area contributed by atoms with Gasteiger partial charge in [0.05, 0.1) is 0 Å². The van der Waals surface area contributed by atoms with Crippen molar-refractivity contribution in [2.75, 3.05) is 12.3 Å². The van der Waals surface area contributed by atoms with Gasteiger partial charge in [0.1, 0.15) is 0 Å². The molecule has 1 rings (SSSR count). The van der Waals surface area contributed by atoms with Gasteiger partial charge < -0.3 is 16.8 Å². The summed E-state index contributed by atoms with van der Waals surface area (Å²) in [6.07, 6.45) is 3.48. The van der Waals surface area contributed by atoms with Crippen molar-refractivity contribution in [3.63, 3.8) is 0 Å². The first kappa shape index (κ1) is 21.4. The molecule has 0 fully saturated rings. The van der Waals surface area contributed by atoms with E-state index in [2.05, 4.69) is 29.6 Å². The highest BCUT2D eigenvalue weighted by Crippen LogP contribution is 2.21. The minimum Gasteiger partial charge on any atom is -0.379 e. The third-order valence-electron chi connectivity index (χ3n) is 3.51. The summed E-state index contributed by atoms with van der Waals surface area (Å²) in [7, 11) is 0. The summed E-state index contributed by atoms with van der Waals surface area (Å²) in [6, 6.07) is 8.41. The van der Waals surface area contributed by atoms with Crippen molar-refractivity contribution in [2.24, 2.45) is 11.5 Å². The maximum Gasteiger partial charge on any atom is 0.216 e. The Balaban J connectivity index is 2.50. The van der Waals surface area contributed by atoms with E-state index in [1.807, 2.05) is 0 Å². The van der Waals surface area contributed by atoms with Gasteiger partial charge in [-0.15, -0.1) is 0 Å². The van der Waals surface area contributed by atoms with Crippen LogP contribution in [0.25, 0.3) is 0 Å². The number of hydrogen-bond donors (Lipinski definition) is 5. The molecule has 8 heteroatoms. The lowest BCUT2D eigenvalue weighted by molar-refractivity contribution is -0.118. The summed E-state index contributed by atoms with van der Waals surface area (Å²) in [4.78, 5) is 10.9. The lowest BCUT2D eigenvalue weighted by Gasteiger charge is -2.16. The summed E-state index contributed by atoms with van der Waals surface area (Å²) in [5, 5.41) is 18.0. The summed E-state index contributed by atoms with van der Waals surface area (Å²) >= 11 is 2.73. The summed E-state index contributed by atoms with van der Waals surface area (Å²) < 4.78 is 0. The molecule has 1 amide bonds. The molecule has 1 aromatic carbocycles. The third-order valence-corrected chi connectivity index (χ3v) is 5.21. The first-order valence-corrected chi connectivity index (χ1v) is 10.0. The van der Waals surface area contributed by atoms with Crippen LogP contribution in [-0.4, -0.2) is 33.8 Å². The van der Waals surface area contributed by atoms with E-state index >= 15 is 0 Å². The molecule has 0 aliphatic carbocycles. The molecule has 0 heterocycles. The number of benzene rings is 1. The average Bonchev–Trinajstić information content (AvgIpc) is 2.52. The van der Waals surface area contributed by atoms with Gasteiger partial charge in [0, 0.05) is 24.5 Å². The lowest BCUT2D eigenvalue weighted by Crippen LogP contribution is -2.22. The zero-order chi connectivity index (χ0) is 18.7. The molecule has 0 unspecified atom stereocenters. The SMILES string of the molecule is CC(=O)NCCC[C@H](Cc1ccc(CCSC(=N)N)cc1)SC(=N)N. The van der Waals surface area contributed by atoms with Crippen LogP contribution in [0, 0.1) is 10.8 Å². The Hall–Kier alpha value is -1.67. The molecule has 1 atom stereocenters. The number of carbonyl (C=O) groups excluding carboxylic acids is 1. The highest BCUT2D eigenvalue weighted by atomic mass is 32.2. The van der Waals surface area contributed by atoms with Crippen LogP contribution in [0.3, 0.4) is 0 Å². The van der Waals surface area contributed by atoms with E-state index in [0.717, 1.165) is 31.4 Å². The smallest absolute Gasteiger partial charge is 0.216 e. The minimum atomic E-state index is -0.0192. The van der Waals surface area contributed by atoms with Crippen molar-refractivity contribution in [3.8, 4) is 0 Å². The van der Waals surface area contributed by atoms with Gasteiger partial charge in [-0.3, -0.25) is 15.6 Å². The second-order valence-electron chi connectivity index (χ2n) is 5.71. The Morgan fingerprint density at radius 3 is 2.36 bits per heavy atom. The van der Waals surface area contributed by atoms with E-state index in [-0.39, 0.29) is 21.5 Å². The monoisotopic (exact) mass is 381 g/mol. The van der Waals surface area contributed by atoms with E-state index < -0.39 is 0 Å². The molecule has 0 aromatic heterocycles. The number of aryl methyl sites for hydroxylation is 1. The summed E-state index contributed by atoms with van der Waals surface area (Å²) in [5.41, 5.74) is 13.3. The summed E-state index contributed by atoms with van der Waals surface area (Å²) in [6.45, 7) is 2.16. The molecule has 0 bridgehead atoms. The zero-order valence-corrected chi connectivity index (χ0v) is 16.1. The number of hydrogen-bond acceptors (Lipinski definition) is 5. The molecule has 0 aliphatic rings. The van der Waals surface area contributed by atoms with Crippen molar-refractivity contribution in [3.05, 3.63) is 35.4 Å². The minimum absolute atomic E-state index is 0.0192. The molecule has 6 nitrogen and oxygen atoms in total. The highest BCUT2D eigenvalue weighted by molar-refractivity contribution is 8.14. The predicted molar refractivity (Wildman–Crippen MR) is 109 cm³/mol. The zero-order valence-electron chi connectivity index (χ0n) is 14.5. The van der Waals surface area contributed by atoms with E-state index in [1.54, 1.807) is 0 Å². The molecule has 25 heavy (non-hydrogen) atoms. The second kappa shape index (κ2) is 11.8. The quantitative estimate of drug-likeness (QED) is 0.241. The molecule has 138 valence electrons. The molecular weight excluding hydrogens is 354 g/mol. The van der Waals surface area contributed by atoms with Crippen LogP contribution in [0.5, 0.6) is 0 Å². The standard InChI is InChI=1S/C17H27N5OS2/c1-12(23)22-9-2-3-15(25-17(20)21)11-14-6-4-13(5-7-14)8-10-24-16(18)19/h4-7,15H,2-3,8-11H2,1H3,(H3,18,19)(H3,20,21)(H,22,23)/t15-/m1/s1. The average molecular weight is 382 g/mol. The van der Waals surface area contributed by atoms with E-state index in [1.165, 1.54) is 41.6 Å². The molecule has 1 aromatic rings. The Morgan fingerprint density at radius 2 is 1.80 bits per heavy atom. The Morgan fingerprint density at radius 1 is 1.16 bits per heavy atom. The maximum absolute atomic E-state index is 10.9. The number of rotatable bonds is 10. The highest BCUT2D eigenvalue weighted by Gasteiger charge is 2.12. The first-order valence-electron chi connectivity index (χ1n) is 8.16. The van der Waals surface area contributed by atoms with Crippen LogP contribution in [0.1, 0.15) is 30.9 Å². The number of nitrogens with two attached hydrogens (primary N) is 2. The third kappa shape index (κ3) is 10.7. The van der Waals surface area contributed by atoms with Gasteiger partial charge in [-0.2, -0.15) is 0 Å². The fraction of sp³-hybridized carbons (Fsp3) is 0.471. The van der Waals surface area contributed by atoms with Crippen molar-refractivity contribution >= 4 is 39.8 Å². The predicted octanol–water partition coefficient (Wildman–Crippen LogP) is 2.31. The van der Waals surface area contributed by atoms with Crippen molar-refractivity contribution in [1.82, 2.24) is 5.32 Å². The molecule has 0 saturated carbocycles. The Bertz CT molecular complexity index is 577. The van der Waals surface area contributed by atoms with Gasteiger partial charge in [-0.25, -0.2) is 0 Å². The van der Waals surface area contributed by atoms with Crippen LogP contribution in [-0.2, 0) is 17.6 Å². The van der Waals surface area contributed by atoms with Gasteiger partial charge in [0.2, 0.25) is 5.91 Å². The van der Waals surface area contributed by atoms with Gasteiger partial charge in [0.25, 0.3) is 0 Å². The first-order chi connectivity index (χ1) is 11.9. The van der Waals surface area contributed by atoms with Crippen LogP contribution >= 0.6 is 23.5 Å². The molecule has 0 saturated heterocycles. The number of nitrogens with one attached hydrogen (secondary N) is 3. The van der Waals surface area contributed by atoms with E-state index in [9.17, 15) is 4.79 Å². The van der Waals surface area contributed by atoms with E-state index in [4.69, 9.17) is 22.3 Å². The van der Waals surface area contributed by atoms with Crippen LogP contribution < -0.4 is 16.8 Å². The van der Waals surface area contributed by atoms with Crippen molar-refractivity contribution < 1.29 is 4.79 Å². The van der Waals surface area contributed by atoms with Gasteiger partial charge in [-0.05, 0) is 36.8 Å². The maximum atomic E-state index is 10.9. The number of amides is 1. The number of amidine groups is 2. The molecule has 0 spiro atoms. The molecule has 0 aliphatic heterocycles. The topological polar surface area (TPSA) is 129 Å². The fourth-order valence-corrected chi connectivity index (χ4v) is 3.84. The number of thioether (sulfide) groups is 2. The van der Waals surface area contributed by atoms with Gasteiger partial charge in [0.15, 0.2) is 10.3 Å². The van der Waals surface area contributed by atoms with Crippen LogP contribution in [0.15, 0.2) is 24.3 Å².